The molecule has 1 atom stereocenters. The van der Waals surface area contributed by atoms with Gasteiger partial charge in [-0.1, -0.05) is 60.7 Å². The summed E-state index contributed by atoms with van der Waals surface area (Å²) in [7, 11) is -0.575. The second kappa shape index (κ2) is 6.95. The highest BCUT2D eigenvalue weighted by Gasteiger charge is 2.16. The zero-order chi connectivity index (χ0) is 16.2. The van der Waals surface area contributed by atoms with Crippen LogP contribution in [0.3, 0.4) is 0 Å². The van der Waals surface area contributed by atoms with Gasteiger partial charge in [-0.15, -0.1) is 0 Å². The molecule has 3 aromatic rings. The molecule has 0 aliphatic heterocycles. The van der Waals surface area contributed by atoms with Crippen molar-refractivity contribution in [2.24, 2.45) is 0 Å². The van der Waals surface area contributed by atoms with Crippen LogP contribution in [0.5, 0.6) is 5.75 Å². The van der Waals surface area contributed by atoms with Crippen molar-refractivity contribution in [2.75, 3.05) is 0 Å². The molecule has 0 aliphatic carbocycles. The van der Waals surface area contributed by atoms with E-state index in [2.05, 4.69) is 44.2 Å². The van der Waals surface area contributed by atoms with Crippen molar-refractivity contribution < 1.29 is 9.42 Å². The normalized spacial score (nSPS) is 11.1. The summed E-state index contributed by atoms with van der Waals surface area (Å²) in [6.45, 7) is 4.20. The maximum Gasteiger partial charge on any atom is 0.212 e. The average molecular weight is 322 g/mol. The number of benzene rings is 3. The van der Waals surface area contributed by atoms with Gasteiger partial charge in [0, 0.05) is 5.56 Å². The molecule has 2 nitrogen and oxygen atoms in total. The molecule has 0 bridgehead atoms. The Morgan fingerprint density at radius 2 is 1.26 bits per heavy atom. The van der Waals surface area contributed by atoms with Gasteiger partial charge in [-0.3, -0.25) is 0 Å². The largest absolute Gasteiger partial charge is 0.449 e. The lowest BCUT2D eigenvalue weighted by molar-refractivity contribution is 0.515. The van der Waals surface area contributed by atoms with Crippen LogP contribution in [-0.4, -0.2) is 4.89 Å². The van der Waals surface area contributed by atoms with Gasteiger partial charge in [0.2, 0.25) is 9.03 Å². The van der Waals surface area contributed by atoms with E-state index in [9.17, 15) is 4.89 Å². The van der Waals surface area contributed by atoms with Crippen molar-refractivity contribution in [3.05, 3.63) is 77.9 Å². The van der Waals surface area contributed by atoms with Gasteiger partial charge in [0.15, 0.2) is 0 Å². The Labute approximate surface area is 138 Å². The third kappa shape index (κ3) is 3.14. The average Bonchev–Trinajstić information content (AvgIpc) is 2.56. The van der Waals surface area contributed by atoms with Gasteiger partial charge < -0.3 is 9.42 Å². The summed E-state index contributed by atoms with van der Waals surface area (Å²) in [5.41, 5.74) is 6.84. The lowest BCUT2D eigenvalue weighted by Gasteiger charge is -2.17. The molecule has 1 N–H and O–H groups in total. The van der Waals surface area contributed by atoms with Crippen LogP contribution in [-0.2, 0) is 0 Å². The molecule has 0 aliphatic rings. The van der Waals surface area contributed by atoms with E-state index >= 15 is 0 Å². The molecule has 0 saturated carbocycles. The molecule has 0 aromatic heterocycles. The third-order valence-corrected chi connectivity index (χ3v) is 4.34. The van der Waals surface area contributed by atoms with E-state index in [0.717, 1.165) is 16.7 Å². The second-order valence-corrected chi connectivity index (χ2v) is 5.89. The zero-order valence-corrected chi connectivity index (χ0v) is 14.2. The van der Waals surface area contributed by atoms with Crippen LogP contribution in [0.2, 0.25) is 0 Å². The number of rotatable bonds is 4. The maximum absolute atomic E-state index is 9.28. The van der Waals surface area contributed by atoms with Crippen molar-refractivity contribution >= 4 is 9.03 Å². The first kappa shape index (κ1) is 15.7. The van der Waals surface area contributed by atoms with Gasteiger partial charge in [0.05, 0.1) is 0 Å². The lowest BCUT2D eigenvalue weighted by Crippen LogP contribution is -1.93. The van der Waals surface area contributed by atoms with Gasteiger partial charge in [0.1, 0.15) is 5.75 Å². The van der Waals surface area contributed by atoms with E-state index in [4.69, 9.17) is 4.52 Å². The summed E-state index contributed by atoms with van der Waals surface area (Å²) in [5, 5.41) is 0. The van der Waals surface area contributed by atoms with Gasteiger partial charge in [-0.2, -0.15) is 0 Å². The van der Waals surface area contributed by atoms with Crippen LogP contribution in [0.15, 0.2) is 66.7 Å². The standard InChI is InChI=1S/C20H19O2P/c1-14-8-3-5-10-16(14)18-12-7-13-19(22-23-21)20(18)17-11-6-4-9-15(17)2/h3-13,21,23H,1-2H3. The van der Waals surface area contributed by atoms with E-state index < -0.39 is 9.03 Å². The number of aryl methyl sites for hydroxylation is 2. The predicted octanol–water partition coefficient (Wildman–Crippen LogP) is 5.52. The van der Waals surface area contributed by atoms with E-state index in [-0.39, 0.29) is 0 Å². The Balaban J connectivity index is 2.31. The van der Waals surface area contributed by atoms with E-state index in [1.54, 1.807) is 0 Å². The topological polar surface area (TPSA) is 29.5 Å². The molecule has 23 heavy (non-hydrogen) atoms. The number of hydrogen-bond acceptors (Lipinski definition) is 2. The Kier molecular flexibility index (Phi) is 4.76. The van der Waals surface area contributed by atoms with Crippen LogP contribution in [0, 0.1) is 13.8 Å². The lowest BCUT2D eigenvalue weighted by atomic mass is 9.90. The van der Waals surface area contributed by atoms with E-state index in [0.29, 0.717) is 5.75 Å². The highest BCUT2D eigenvalue weighted by atomic mass is 31.1. The fourth-order valence-electron chi connectivity index (χ4n) is 2.90. The van der Waals surface area contributed by atoms with Gasteiger partial charge in [-0.05, 0) is 47.7 Å². The van der Waals surface area contributed by atoms with Crippen LogP contribution >= 0.6 is 9.03 Å². The summed E-state index contributed by atoms with van der Waals surface area (Å²) < 4.78 is 5.53. The van der Waals surface area contributed by atoms with Gasteiger partial charge >= 0.3 is 0 Å². The van der Waals surface area contributed by atoms with Crippen molar-refractivity contribution in [1.29, 1.82) is 0 Å². The van der Waals surface area contributed by atoms with E-state index in [1.165, 1.54) is 16.7 Å². The Morgan fingerprint density at radius 1 is 0.696 bits per heavy atom. The van der Waals surface area contributed by atoms with Crippen LogP contribution in [0.25, 0.3) is 22.3 Å². The molecule has 0 saturated heterocycles. The molecule has 0 heterocycles. The molecule has 3 aromatic carbocycles. The molecular weight excluding hydrogens is 303 g/mol. The maximum atomic E-state index is 9.28. The number of hydrogen-bond donors (Lipinski definition) is 1. The van der Waals surface area contributed by atoms with Crippen molar-refractivity contribution in [1.82, 2.24) is 0 Å². The van der Waals surface area contributed by atoms with Crippen molar-refractivity contribution in [3.63, 3.8) is 0 Å². The Morgan fingerprint density at radius 3 is 1.87 bits per heavy atom. The highest BCUT2D eigenvalue weighted by molar-refractivity contribution is 7.25. The highest BCUT2D eigenvalue weighted by Crippen LogP contribution is 2.42. The first-order valence-corrected chi connectivity index (χ1v) is 8.39. The molecule has 3 rings (SSSR count). The monoisotopic (exact) mass is 322 g/mol. The van der Waals surface area contributed by atoms with Crippen LogP contribution in [0.4, 0.5) is 0 Å². The molecular formula is C20H19O2P. The quantitative estimate of drug-likeness (QED) is 0.641. The first-order valence-electron chi connectivity index (χ1n) is 7.53. The minimum Gasteiger partial charge on any atom is -0.449 e. The third-order valence-electron chi connectivity index (χ3n) is 4.03. The zero-order valence-electron chi connectivity index (χ0n) is 13.2. The summed E-state index contributed by atoms with van der Waals surface area (Å²) in [4.78, 5) is 9.28. The Hall–Kier alpha value is -2.15. The summed E-state index contributed by atoms with van der Waals surface area (Å²) in [6.07, 6.45) is 0. The van der Waals surface area contributed by atoms with E-state index in [1.807, 2.05) is 36.4 Å². The fraction of sp³-hybridized carbons (Fsp3) is 0.100. The molecule has 0 amide bonds. The molecule has 1 unspecified atom stereocenters. The Bertz CT molecular complexity index is 827. The summed E-state index contributed by atoms with van der Waals surface area (Å²) in [6, 6.07) is 22.6. The fourth-order valence-corrected chi connectivity index (χ4v) is 3.16. The van der Waals surface area contributed by atoms with Crippen LogP contribution in [0.1, 0.15) is 11.1 Å². The summed E-state index contributed by atoms with van der Waals surface area (Å²) >= 11 is 0. The van der Waals surface area contributed by atoms with Crippen molar-refractivity contribution in [3.8, 4) is 28.0 Å². The molecule has 3 heteroatoms. The minimum atomic E-state index is -0.575. The molecule has 0 fully saturated rings. The molecule has 116 valence electrons. The molecule has 0 spiro atoms. The van der Waals surface area contributed by atoms with Crippen LogP contribution < -0.4 is 4.52 Å². The van der Waals surface area contributed by atoms with Crippen molar-refractivity contribution in [2.45, 2.75) is 13.8 Å². The predicted molar refractivity (Wildman–Crippen MR) is 97.9 cm³/mol. The SMILES string of the molecule is Cc1ccccc1-c1cccc(OPO)c1-c1ccccc1C. The molecule has 0 radical (unpaired) electrons. The second-order valence-electron chi connectivity index (χ2n) is 5.50. The van der Waals surface area contributed by atoms with Gasteiger partial charge in [0.25, 0.3) is 0 Å². The summed E-state index contributed by atoms with van der Waals surface area (Å²) in [5.74, 6) is 0.709. The van der Waals surface area contributed by atoms with Gasteiger partial charge in [-0.25, -0.2) is 0 Å². The first-order chi connectivity index (χ1) is 11.2. The minimum absolute atomic E-state index is 0.575. The smallest absolute Gasteiger partial charge is 0.212 e.